The van der Waals surface area contributed by atoms with E-state index in [4.69, 9.17) is 5.73 Å². The van der Waals surface area contributed by atoms with Crippen molar-refractivity contribution in [2.75, 3.05) is 19.6 Å². The summed E-state index contributed by atoms with van der Waals surface area (Å²) in [7, 11) is -3.59. The highest BCUT2D eigenvalue weighted by atomic mass is 35.5. The summed E-state index contributed by atoms with van der Waals surface area (Å²) in [5, 5.41) is 0. The van der Waals surface area contributed by atoms with Gasteiger partial charge < -0.3 is 10.6 Å². The van der Waals surface area contributed by atoms with Crippen LogP contribution in [0.15, 0.2) is 29.2 Å². The van der Waals surface area contributed by atoms with E-state index < -0.39 is 15.8 Å². The first-order chi connectivity index (χ1) is 10.2. The molecule has 0 saturated carbocycles. The van der Waals surface area contributed by atoms with Crippen molar-refractivity contribution in [2.45, 2.75) is 43.2 Å². The van der Waals surface area contributed by atoms with E-state index in [-0.39, 0.29) is 28.9 Å². The van der Waals surface area contributed by atoms with Crippen LogP contribution in [0.2, 0.25) is 0 Å². The SMILES string of the molecule is CC(C)(N)CN1CCC(NS(=O)(=O)c2ccc(F)cc2)CC1.Cl. The van der Waals surface area contributed by atoms with Gasteiger partial charge >= 0.3 is 0 Å². The molecular weight excluding hydrogens is 341 g/mol. The predicted molar refractivity (Wildman–Crippen MR) is 91.7 cm³/mol. The molecular formula is C15H25ClFN3O2S. The van der Waals surface area contributed by atoms with Gasteiger partial charge in [-0.3, -0.25) is 0 Å². The molecule has 3 N–H and O–H groups in total. The zero-order chi connectivity index (χ0) is 16.4. The van der Waals surface area contributed by atoms with Gasteiger partial charge in [-0.25, -0.2) is 17.5 Å². The third kappa shape index (κ3) is 6.35. The largest absolute Gasteiger partial charge is 0.324 e. The van der Waals surface area contributed by atoms with Crippen molar-refractivity contribution in [2.24, 2.45) is 5.73 Å². The lowest BCUT2D eigenvalue weighted by Crippen LogP contribution is -2.50. The highest BCUT2D eigenvalue weighted by molar-refractivity contribution is 7.89. The topological polar surface area (TPSA) is 75.4 Å². The molecule has 0 atom stereocenters. The molecule has 1 aromatic carbocycles. The van der Waals surface area contributed by atoms with Gasteiger partial charge in [0.25, 0.3) is 0 Å². The fourth-order valence-electron chi connectivity index (χ4n) is 2.69. The molecule has 1 heterocycles. The number of likely N-dealkylation sites (tertiary alicyclic amines) is 1. The lowest BCUT2D eigenvalue weighted by atomic mass is 10.0. The summed E-state index contributed by atoms with van der Waals surface area (Å²) >= 11 is 0. The number of piperidine rings is 1. The summed E-state index contributed by atoms with van der Waals surface area (Å²) in [5.41, 5.74) is 5.76. The molecule has 5 nitrogen and oxygen atoms in total. The molecule has 0 bridgehead atoms. The van der Waals surface area contributed by atoms with Gasteiger partial charge in [0.1, 0.15) is 5.82 Å². The van der Waals surface area contributed by atoms with Crippen LogP contribution < -0.4 is 10.5 Å². The minimum atomic E-state index is -3.59. The third-order valence-corrected chi connectivity index (χ3v) is 5.20. The minimum absolute atomic E-state index is 0. The number of nitrogens with one attached hydrogen (secondary N) is 1. The molecule has 0 amide bonds. The van der Waals surface area contributed by atoms with Crippen LogP contribution >= 0.6 is 12.4 Å². The van der Waals surface area contributed by atoms with Gasteiger partial charge in [0, 0.05) is 18.1 Å². The molecule has 1 saturated heterocycles. The fraction of sp³-hybridized carbons (Fsp3) is 0.600. The normalized spacial score (nSPS) is 17.7. The number of hydrogen-bond acceptors (Lipinski definition) is 4. The minimum Gasteiger partial charge on any atom is -0.324 e. The maximum Gasteiger partial charge on any atom is 0.240 e. The van der Waals surface area contributed by atoms with E-state index in [1.807, 2.05) is 13.8 Å². The first-order valence-corrected chi connectivity index (χ1v) is 8.93. The number of rotatable bonds is 5. The quantitative estimate of drug-likeness (QED) is 0.833. The Kier molecular flexibility index (Phi) is 6.97. The van der Waals surface area contributed by atoms with Crippen LogP contribution in [0.1, 0.15) is 26.7 Å². The first-order valence-electron chi connectivity index (χ1n) is 7.45. The van der Waals surface area contributed by atoms with E-state index in [0.29, 0.717) is 0 Å². The molecule has 0 aliphatic carbocycles. The zero-order valence-corrected chi connectivity index (χ0v) is 15.1. The number of nitrogens with zero attached hydrogens (tertiary/aromatic N) is 1. The van der Waals surface area contributed by atoms with E-state index in [1.165, 1.54) is 12.1 Å². The Morgan fingerprint density at radius 3 is 2.26 bits per heavy atom. The maximum absolute atomic E-state index is 12.9. The maximum atomic E-state index is 12.9. The monoisotopic (exact) mass is 365 g/mol. The Morgan fingerprint density at radius 1 is 1.26 bits per heavy atom. The summed E-state index contributed by atoms with van der Waals surface area (Å²) in [6.45, 7) is 6.39. The Hall–Kier alpha value is -0.730. The van der Waals surface area contributed by atoms with Crippen LogP contribution in [-0.2, 0) is 10.0 Å². The third-order valence-electron chi connectivity index (χ3n) is 3.66. The van der Waals surface area contributed by atoms with E-state index in [2.05, 4.69) is 9.62 Å². The Labute approximate surface area is 143 Å². The molecule has 1 aliphatic rings. The van der Waals surface area contributed by atoms with Crippen LogP contribution in [0.4, 0.5) is 4.39 Å². The molecule has 0 aromatic heterocycles. The predicted octanol–water partition coefficient (Wildman–Crippen LogP) is 1.73. The van der Waals surface area contributed by atoms with Crippen LogP contribution in [0.5, 0.6) is 0 Å². The number of benzene rings is 1. The van der Waals surface area contributed by atoms with Crippen LogP contribution in [-0.4, -0.2) is 44.5 Å². The molecule has 0 unspecified atom stereocenters. The molecule has 23 heavy (non-hydrogen) atoms. The lowest BCUT2D eigenvalue weighted by molar-refractivity contribution is 0.176. The molecule has 8 heteroatoms. The summed E-state index contributed by atoms with van der Waals surface area (Å²) in [6.07, 6.45) is 1.49. The average molecular weight is 366 g/mol. The van der Waals surface area contributed by atoms with Crippen molar-refractivity contribution in [3.63, 3.8) is 0 Å². The van der Waals surface area contributed by atoms with Crippen molar-refractivity contribution in [3.8, 4) is 0 Å². The Morgan fingerprint density at radius 2 is 1.78 bits per heavy atom. The van der Waals surface area contributed by atoms with E-state index in [9.17, 15) is 12.8 Å². The van der Waals surface area contributed by atoms with E-state index >= 15 is 0 Å². The second-order valence-electron chi connectivity index (χ2n) is 6.61. The van der Waals surface area contributed by atoms with Crippen molar-refractivity contribution < 1.29 is 12.8 Å². The van der Waals surface area contributed by atoms with Crippen molar-refractivity contribution in [1.29, 1.82) is 0 Å². The molecule has 0 spiro atoms. The van der Waals surface area contributed by atoms with Gasteiger partial charge in [-0.1, -0.05) is 0 Å². The van der Waals surface area contributed by atoms with E-state index in [1.54, 1.807) is 0 Å². The zero-order valence-electron chi connectivity index (χ0n) is 13.5. The smallest absolute Gasteiger partial charge is 0.240 e. The molecule has 132 valence electrons. The van der Waals surface area contributed by atoms with Gasteiger partial charge in [0.2, 0.25) is 10.0 Å². The van der Waals surface area contributed by atoms with Gasteiger partial charge in [-0.2, -0.15) is 0 Å². The molecule has 2 rings (SSSR count). The van der Waals surface area contributed by atoms with Gasteiger partial charge in [-0.05, 0) is 64.0 Å². The first kappa shape index (κ1) is 20.3. The standard InChI is InChI=1S/C15H24FN3O2S.ClH/c1-15(2,17)11-19-9-7-13(8-10-19)18-22(20,21)14-5-3-12(16)4-6-14;/h3-6,13,18H,7-11,17H2,1-2H3;1H. The molecule has 1 fully saturated rings. The lowest BCUT2D eigenvalue weighted by Gasteiger charge is -2.35. The highest BCUT2D eigenvalue weighted by Crippen LogP contribution is 2.16. The summed E-state index contributed by atoms with van der Waals surface area (Å²) in [4.78, 5) is 2.35. The van der Waals surface area contributed by atoms with Crippen molar-refractivity contribution >= 4 is 22.4 Å². The Balaban J connectivity index is 0.00000264. The van der Waals surface area contributed by atoms with E-state index in [0.717, 1.165) is 44.6 Å². The molecule has 1 aromatic rings. The molecule has 1 aliphatic heterocycles. The van der Waals surface area contributed by atoms with Gasteiger partial charge in [0.15, 0.2) is 0 Å². The van der Waals surface area contributed by atoms with Crippen molar-refractivity contribution in [3.05, 3.63) is 30.1 Å². The summed E-state index contributed by atoms with van der Waals surface area (Å²) < 4.78 is 40.1. The summed E-state index contributed by atoms with van der Waals surface area (Å²) in [5.74, 6) is -0.448. The highest BCUT2D eigenvalue weighted by Gasteiger charge is 2.26. The van der Waals surface area contributed by atoms with Crippen molar-refractivity contribution in [1.82, 2.24) is 9.62 Å². The van der Waals surface area contributed by atoms with Gasteiger partial charge in [-0.15, -0.1) is 12.4 Å². The Bertz CT molecular complexity index is 594. The second-order valence-corrected chi connectivity index (χ2v) is 8.33. The average Bonchev–Trinajstić information content (AvgIpc) is 2.39. The number of hydrogen-bond donors (Lipinski definition) is 2. The second kappa shape index (κ2) is 7.90. The van der Waals surface area contributed by atoms with Crippen LogP contribution in [0, 0.1) is 5.82 Å². The number of sulfonamides is 1. The van der Waals surface area contributed by atoms with Crippen LogP contribution in [0.3, 0.4) is 0 Å². The van der Waals surface area contributed by atoms with Crippen LogP contribution in [0.25, 0.3) is 0 Å². The van der Waals surface area contributed by atoms with Gasteiger partial charge in [0.05, 0.1) is 4.90 Å². The number of halogens is 2. The molecule has 0 radical (unpaired) electrons. The number of nitrogens with two attached hydrogens (primary N) is 1. The fourth-order valence-corrected chi connectivity index (χ4v) is 3.99. The summed E-state index contributed by atoms with van der Waals surface area (Å²) in [6, 6.07) is 4.78.